The molecule has 6 heteroatoms. The molecule has 24 heavy (non-hydrogen) atoms. The Morgan fingerprint density at radius 3 is 2.38 bits per heavy atom. The predicted molar refractivity (Wildman–Crippen MR) is 96.0 cm³/mol. The number of rotatable bonds is 3. The quantitative estimate of drug-likeness (QED) is 0.846. The van der Waals surface area contributed by atoms with Gasteiger partial charge >= 0.3 is 0 Å². The zero-order chi connectivity index (χ0) is 16.4. The molecule has 0 unspecified atom stereocenters. The summed E-state index contributed by atoms with van der Waals surface area (Å²) in [4.78, 5) is 9.71. The molecule has 2 aliphatic rings. The third-order valence-corrected chi connectivity index (χ3v) is 5.94. The molecule has 0 N–H and O–H groups in total. The molecule has 128 valence electrons. The van der Waals surface area contributed by atoms with Crippen LogP contribution in [0.15, 0.2) is 24.3 Å². The van der Waals surface area contributed by atoms with Crippen LogP contribution in [0.5, 0.6) is 0 Å². The molecule has 0 saturated carbocycles. The maximum atomic E-state index is 13.0. The second-order valence-corrected chi connectivity index (χ2v) is 7.45. The number of nitrogens with zero attached hydrogens (tertiary/aromatic N) is 4. The average Bonchev–Trinajstić information content (AvgIpc) is 3.13. The highest BCUT2D eigenvalue weighted by atomic mass is 32.1. The second-order valence-electron chi connectivity index (χ2n) is 6.72. The topological polar surface area (TPSA) is 32.3 Å². The van der Waals surface area contributed by atoms with E-state index in [4.69, 9.17) is 0 Å². The molecular formula is C18H23FN4S. The van der Waals surface area contributed by atoms with Crippen LogP contribution in [0, 0.1) is 5.82 Å². The van der Waals surface area contributed by atoms with Crippen molar-refractivity contribution in [2.24, 2.45) is 0 Å². The summed E-state index contributed by atoms with van der Waals surface area (Å²) >= 11 is 1.45. The Labute approximate surface area is 146 Å². The van der Waals surface area contributed by atoms with Crippen LogP contribution < -0.4 is 4.90 Å². The Balaban J connectivity index is 1.38. The maximum absolute atomic E-state index is 13.0. The molecule has 2 aliphatic heterocycles. The van der Waals surface area contributed by atoms with Gasteiger partial charge in [0.1, 0.15) is 5.82 Å². The van der Waals surface area contributed by atoms with Crippen molar-refractivity contribution < 1.29 is 4.39 Å². The summed E-state index contributed by atoms with van der Waals surface area (Å²) in [5.74, 6) is 0.474. The lowest BCUT2D eigenvalue weighted by Crippen LogP contribution is -2.46. The van der Waals surface area contributed by atoms with Gasteiger partial charge in [-0.25, -0.2) is 4.39 Å². The van der Waals surface area contributed by atoms with E-state index in [-0.39, 0.29) is 5.82 Å². The zero-order valence-electron chi connectivity index (χ0n) is 13.8. The molecule has 4 nitrogen and oxygen atoms in total. The molecule has 2 fully saturated rings. The lowest BCUT2D eigenvalue weighted by atomic mass is 10.0. The van der Waals surface area contributed by atoms with E-state index in [0.29, 0.717) is 5.82 Å². The highest BCUT2D eigenvalue weighted by Crippen LogP contribution is 2.28. The number of piperidine rings is 2. The normalized spacial score (nSPS) is 20.5. The summed E-state index contributed by atoms with van der Waals surface area (Å²) < 4.78 is 17.5. The molecule has 2 aromatic rings. The smallest absolute Gasteiger partial charge is 0.205 e. The Bertz CT molecular complexity index is 658. The zero-order valence-corrected chi connectivity index (χ0v) is 14.6. The van der Waals surface area contributed by atoms with Crippen molar-refractivity contribution in [3.63, 3.8) is 0 Å². The standard InChI is InChI=1S/C18H23FN4S/c19-15-6-4-14(5-7-15)17-20-18(24-21-17)23-12-8-16(9-13-23)22-10-2-1-3-11-22/h4-7,16H,1-3,8-13H2. The van der Waals surface area contributed by atoms with Gasteiger partial charge in [0.05, 0.1) is 0 Å². The van der Waals surface area contributed by atoms with Gasteiger partial charge in [0, 0.05) is 36.2 Å². The van der Waals surface area contributed by atoms with Crippen LogP contribution in [-0.4, -0.2) is 46.5 Å². The number of hydrogen-bond donors (Lipinski definition) is 0. The molecule has 1 aromatic carbocycles. The van der Waals surface area contributed by atoms with E-state index in [1.807, 2.05) is 0 Å². The molecule has 3 heterocycles. The first-order valence-electron chi connectivity index (χ1n) is 8.88. The summed E-state index contributed by atoms with van der Waals surface area (Å²) in [6.45, 7) is 4.66. The minimum Gasteiger partial charge on any atom is -0.347 e. The number of hydrogen-bond acceptors (Lipinski definition) is 5. The second kappa shape index (κ2) is 7.15. The Kier molecular flexibility index (Phi) is 4.76. The summed E-state index contributed by atoms with van der Waals surface area (Å²) in [6, 6.07) is 7.14. The van der Waals surface area contributed by atoms with Gasteiger partial charge in [0.2, 0.25) is 5.13 Å². The van der Waals surface area contributed by atoms with E-state index in [1.165, 1.54) is 68.9 Å². The van der Waals surface area contributed by atoms with Crippen LogP contribution in [0.3, 0.4) is 0 Å². The molecule has 1 aromatic heterocycles. The third-order valence-electron chi connectivity index (χ3n) is 5.16. The van der Waals surface area contributed by atoms with E-state index in [0.717, 1.165) is 29.8 Å². The van der Waals surface area contributed by atoms with Gasteiger partial charge < -0.3 is 9.80 Å². The number of likely N-dealkylation sites (tertiary alicyclic amines) is 1. The first-order valence-corrected chi connectivity index (χ1v) is 9.65. The van der Waals surface area contributed by atoms with Crippen molar-refractivity contribution in [2.75, 3.05) is 31.1 Å². The molecule has 0 amide bonds. The SMILES string of the molecule is Fc1ccc(-c2nsc(N3CCC(N4CCCCC4)CC3)n2)cc1. The van der Waals surface area contributed by atoms with Crippen LogP contribution in [0.2, 0.25) is 0 Å². The van der Waals surface area contributed by atoms with Gasteiger partial charge in [-0.1, -0.05) is 6.42 Å². The molecular weight excluding hydrogens is 323 g/mol. The van der Waals surface area contributed by atoms with Crippen LogP contribution in [0.1, 0.15) is 32.1 Å². The fourth-order valence-electron chi connectivity index (χ4n) is 3.77. The molecule has 0 radical (unpaired) electrons. The van der Waals surface area contributed by atoms with Gasteiger partial charge in [0.25, 0.3) is 0 Å². The van der Waals surface area contributed by atoms with E-state index >= 15 is 0 Å². The lowest BCUT2D eigenvalue weighted by molar-refractivity contribution is 0.141. The van der Waals surface area contributed by atoms with Crippen molar-refractivity contribution >= 4 is 16.7 Å². The van der Waals surface area contributed by atoms with E-state index in [2.05, 4.69) is 19.2 Å². The van der Waals surface area contributed by atoms with Gasteiger partial charge in [-0.2, -0.15) is 9.36 Å². The lowest BCUT2D eigenvalue weighted by Gasteiger charge is -2.40. The minimum absolute atomic E-state index is 0.228. The van der Waals surface area contributed by atoms with E-state index < -0.39 is 0 Å². The Morgan fingerprint density at radius 1 is 0.958 bits per heavy atom. The molecule has 0 bridgehead atoms. The van der Waals surface area contributed by atoms with Crippen LogP contribution in [0.25, 0.3) is 11.4 Å². The number of benzene rings is 1. The molecule has 4 rings (SSSR count). The van der Waals surface area contributed by atoms with Gasteiger partial charge in [-0.15, -0.1) is 0 Å². The summed E-state index contributed by atoms with van der Waals surface area (Å²) in [5.41, 5.74) is 0.877. The molecule has 0 spiro atoms. The monoisotopic (exact) mass is 346 g/mol. The fraction of sp³-hybridized carbons (Fsp3) is 0.556. The van der Waals surface area contributed by atoms with Gasteiger partial charge in [-0.3, -0.25) is 0 Å². The van der Waals surface area contributed by atoms with Crippen LogP contribution in [0.4, 0.5) is 9.52 Å². The first kappa shape index (κ1) is 16.0. The van der Waals surface area contributed by atoms with E-state index in [1.54, 1.807) is 12.1 Å². The van der Waals surface area contributed by atoms with Crippen LogP contribution in [-0.2, 0) is 0 Å². The highest BCUT2D eigenvalue weighted by molar-refractivity contribution is 7.09. The molecule has 0 atom stereocenters. The van der Waals surface area contributed by atoms with Crippen molar-refractivity contribution in [3.8, 4) is 11.4 Å². The Hall–Kier alpha value is -1.53. The first-order chi connectivity index (χ1) is 11.8. The third kappa shape index (κ3) is 3.44. The maximum Gasteiger partial charge on any atom is 0.205 e. The summed E-state index contributed by atoms with van der Waals surface area (Å²) in [5, 5.41) is 0.992. The average molecular weight is 346 g/mol. The van der Waals surface area contributed by atoms with Gasteiger partial charge in [-0.05, 0) is 63.0 Å². The molecule has 2 saturated heterocycles. The summed E-state index contributed by atoms with van der Waals surface area (Å²) in [6.07, 6.45) is 6.54. The fourth-order valence-corrected chi connectivity index (χ4v) is 4.51. The van der Waals surface area contributed by atoms with Crippen molar-refractivity contribution in [2.45, 2.75) is 38.1 Å². The van der Waals surface area contributed by atoms with Crippen molar-refractivity contribution in [1.29, 1.82) is 0 Å². The van der Waals surface area contributed by atoms with Crippen LogP contribution >= 0.6 is 11.5 Å². The number of anilines is 1. The summed E-state index contributed by atoms with van der Waals surface area (Å²) in [7, 11) is 0. The van der Waals surface area contributed by atoms with Crippen molar-refractivity contribution in [3.05, 3.63) is 30.1 Å². The molecule has 0 aliphatic carbocycles. The van der Waals surface area contributed by atoms with E-state index in [9.17, 15) is 4.39 Å². The van der Waals surface area contributed by atoms with Gasteiger partial charge in [0.15, 0.2) is 5.82 Å². The number of halogens is 1. The number of aromatic nitrogens is 2. The largest absolute Gasteiger partial charge is 0.347 e. The highest BCUT2D eigenvalue weighted by Gasteiger charge is 2.27. The van der Waals surface area contributed by atoms with Crippen molar-refractivity contribution in [1.82, 2.24) is 14.3 Å². The predicted octanol–water partition coefficient (Wildman–Crippen LogP) is 3.80. The minimum atomic E-state index is -0.228. The Morgan fingerprint density at radius 2 is 1.67 bits per heavy atom.